The van der Waals surface area contributed by atoms with Crippen molar-refractivity contribution in [3.05, 3.63) is 217 Å². The van der Waals surface area contributed by atoms with E-state index in [9.17, 15) is 24.0 Å². The maximum atomic E-state index is 13.0. The minimum atomic E-state index is -0.336. The van der Waals surface area contributed by atoms with Gasteiger partial charge in [0.1, 0.15) is 42.4 Å². The van der Waals surface area contributed by atoms with Crippen molar-refractivity contribution in [3.63, 3.8) is 0 Å². The normalized spacial score (nSPS) is 17.5. The molecule has 0 aliphatic carbocycles. The fourth-order valence-corrected chi connectivity index (χ4v) is 16.0. The number of carbonyl (C=O) groups excluding carboxylic acids is 5. The molecule has 122 heavy (non-hydrogen) atoms. The van der Waals surface area contributed by atoms with Crippen LogP contribution in [-0.4, -0.2) is 228 Å². The number of ether oxygens (including phenoxy) is 6. The second kappa shape index (κ2) is 44.1. The van der Waals surface area contributed by atoms with E-state index in [1.54, 1.807) is 14.7 Å². The topological polar surface area (TPSA) is 323 Å². The SMILES string of the molecule is CCNC(=O)Nc1ccc(-c2nc3c(c(N4CCOC[C@@H]4C)n2)CCN(C(=O)OCc2ccccc2)CC3)cc1.CCNC(=O)Nc1ccc(-c2nc3c(c(N4CCOC[C@@H]4C)n2)CCNCC3)cc1.C[C@H]1COCCN1c1nc(Cl)nc2c1CCN(C(=O)OCc1ccccc1)CC2.O=C(OCc1ccccc1)N1CCc2nc(Cl)nc(Cl)c2CC1. The zero-order chi connectivity index (χ0) is 85.3. The molecule has 7 aliphatic rings. The Labute approximate surface area is 726 Å². The van der Waals surface area contributed by atoms with E-state index in [2.05, 4.69) is 82.0 Å². The van der Waals surface area contributed by atoms with Crippen LogP contribution in [0.3, 0.4) is 0 Å². The van der Waals surface area contributed by atoms with Gasteiger partial charge in [-0.2, -0.15) is 0 Å². The van der Waals surface area contributed by atoms with Crippen LogP contribution in [0, 0.1) is 0 Å². The second-order valence-electron chi connectivity index (χ2n) is 30.3. The number of urea groups is 2. The van der Waals surface area contributed by atoms with Crippen molar-refractivity contribution in [2.75, 3.05) is 150 Å². The maximum absolute atomic E-state index is 13.0. The lowest BCUT2D eigenvalue weighted by Crippen LogP contribution is -2.45. The predicted octanol–water partition coefficient (Wildman–Crippen LogP) is 13.1. The molecule has 0 spiro atoms. The molecule has 5 N–H and O–H groups in total. The Hall–Kier alpha value is -11.1. The molecule has 0 unspecified atom stereocenters. The van der Waals surface area contributed by atoms with E-state index in [1.807, 2.05) is 153 Å². The van der Waals surface area contributed by atoms with Gasteiger partial charge in [0.2, 0.25) is 10.6 Å². The molecule has 7 amide bonds. The molecule has 9 aromatic rings. The van der Waals surface area contributed by atoms with E-state index in [0.717, 1.165) is 148 Å². The fourth-order valence-electron chi connectivity index (χ4n) is 15.3. The van der Waals surface area contributed by atoms with Gasteiger partial charge in [0.05, 0.1) is 80.5 Å². The van der Waals surface area contributed by atoms with Gasteiger partial charge in [-0.1, -0.05) is 103 Å². The molecule has 3 fully saturated rings. The molecule has 0 saturated carbocycles. The van der Waals surface area contributed by atoms with Gasteiger partial charge < -0.3 is 84.4 Å². The molecule has 3 atom stereocenters. The third-order valence-electron chi connectivity index (χ3n) is 21.8. The summed E-state index contributed by atoms with van der Waals surface area (Å²) in [5.41, 5.74) is 14.2. The van der Waals surface area contributed by atoms with Gasteiger partial charge >= 0.3 is 30.3 Å². The summed E-state index contributed by atoms with van der Waals surface area (Å²) in [5.74, 6) is 4.17. The highest BCUT2D eigenvalue weighted by molar-refractivity contribution is 6.32. The molecule has 16 rings (SSSR count). The Balaban J connectivity index is 0.000000143. The van der Waals surface area contributed by atoms with E-state index in [1.165, 1.54) is 5.56 Å². The lowest BCUT2D eigenvalue weighted by Gasteiger charge is -2.36. The number of amides is 7. The standard InChI is InChI=1S/C30H36N6O4.C22H30N6O2.C21H25ClN4O3.C16H15Cl2N3O2/c1-3-31-29(37)32-24-11-9-23(10-12-24)27-33-26-14-16-35(30(38)40-20-22-7-5-4-6-8-22)15-13-25(26)28(34-27)36-17-18-39-19-21(36)2;1-3-24-22(29)25-17-6-4-16(5-7-17)20-26-19-9-11-23-10-8-18(19)21(27-20)28-12-13-30-14-15(28)2;1-15-13-28-12-11-26(15)19-17-7-9-25(10-8-18(17)23-20(22)24-19)21(27)29-14-16-5-3-2-4-6-16;17-14-12-6-8-21(9-7-13(12)19-15(18)20-14)16(22)23-10-11-4-2-1-3-5-11/h4-12,21H,3,13-20H2,1-2H3,(H2,31,32,37);4-7,15,23H,3,8-14H2,1-2H3,(H2,24,25,29);2-6,15H,7-14H2,1H3;1-5H,6-10H2/t21-;2*15-;/m000./s1. The quantitative estimate of drug-likeness (QED) is 0.0362. The lowest BCUT2D eigenvalue weighted by molar-refractivity contribution is 0.0967. The number of nitrogens with zero attached hydrogens (tertiary/aromatic N) is 14. The fraction of sp³-hybridized carbons (Fsp3) is 0.427. The zero-order valence-electron chi connectivity index (χ0n) is 69.6. The number of aromatic nitrogens is 8. The van der Waals surface area contributed by atoms with Crippen LogP contribution in [0.25, 0.3) is 22.8 Å². The van der Waals surface area contributed by atoms with Crippen molar-refractivity contribution < 1.29 is 52.4 Å². The summed E-state index contributed by atoms with van der Waals surface area (Å²) in [6.45, 7) is 23.6. The molecular weight excluding hydrogens is 1620 g/mol. The highest BCUT2D eigenvalue weighted by atomic mass is 35.5. The van der Waals surface area contributed by atoms with Gasteiger partial charge in [-0.25, -0.2) is 63.8 Å². The zero-order valence-corrected chi connectivity index (χ0v) is 71.9. The first-order chi connectivity index (χ1) is 59.4. The third-order valence-corrected chi connectivity index (χ3v) is 22.5. The summed E-state index contributed by atoms with van der Waals surface area (Å²) in [7, 11) is 0. The first-order valence-corrected chi connectivity index (χ1v) is 43.0. The second-order valence-corrected chi connectivity index (χ2v) is 31.4. The third kappa shape index (κ3) is 24.2. The van der Waals surface area contributed by atoms with Gasteiger partial charge in [0.25, 0.3) is 0 Å². The molecule has 5 aromatic carbocycles. The van der Waals surface area contributed by atoms with Crippen LogP contribution >= 0.6 is 34.8 Å². The van der Waals surface area contributed by atoms with Crippen LogP contribution in [-0.2, 0) is 99.6 Å². The number of benzene rings is 5. The van der Waals surface area contributed by atoms with E-state index in [0.29, 0.717) is 141 Å². The van der Waals surface area contributed by atoms with Crippen LogP contribution < -0.4 is 41.3 Å². The summed E-state index contributed by atoms with van der Waals surface area (Å²) >= 11 is 18.2. The summed E-state index contributed by atoms with van der Waals surface area (Å²) in [4.78, 5) is 111. The molecule has 30 nitrogen and oxygen atoms in total. The van der Waals surface area contributed by atoms with Crippen molar-refractivity contribution in [1.29, 1.82) is 0 Å². The molecule has 0 bridgehead atoms. The molecule has 0 radical (unpaired) electrons. The minimum Gasteiger partial charge on any atom is -0.445 e. The van der Waals surface area contributed by atoms with Gasteiger partial charge in [-0.15, -0.1) is 0 Å². The van der Waals surface area contributed by atoms with Crippen molar-refractivity contribution >= 4 is 94.0 Å². The van der Waals surface area contributed by atoms with Crippen molar-refractivity contribution in [2.24, 2.45) is 0 Å². The summed E-state index contributed by atoms with van der Waals surface area (Å²) < 4.78 is 33.4. The number of hydrogen-bond acceptors (Lipinski definition) is 23. The Morgan fingerprint density at radius 2 is 0.730 bits per heavy atom. The van der Waals surface area contributed by atoms with Gasteiger partial charge in [0, 0.05) is 149 Å². The summed E-state index contributed by atoms with van der Waals surface area (Å²) in [6.07, 6.45) is 4.59. The Bertz CT molecular complexity index is 5000. The first kappa shape index (κ1) is 88.7. The van der Waals surface area contributed by atoms with E-state index in [4.69, 9.17) is 83.2 Å². The number of fused-ring (bicyclic) bond motifs is 4. The van der Waals surface area contributed by atoms with Crippen LogP contribution in [0.2, 0.25) is 15.7 Å². The van der Waals surface area contributed by atoms with Gasteiger partial charge in [-0.3, -0.25) is 0 Å². The van der Waals surface area contributed by atoms with Crippen molar-refractivity contribution in [3.8, 4) is 22.8 Å². The van der Waals surface area contributed by atoms with Crippen LogP contribution in [0.15, 0.2) is 140 Å². The highest BCUT2D eigenvalue weighted by Crippen LogP contribution is 2.35. The van der Waals surface area contributed by atoms with Crippen molar-refractivity contribution in [2.45, 2.75) is 124 Å². The Morgan fingerprint density at radius 1 is 0.393 bits per heavy atom. The largest absolute Gasteiger partial charge is 0.445 e. The van der Waals surface area contributed by atoms with Crippen molar-refractivity contribution in [1.82, 2.24) is 70.5 Å². The number of morpholine rings is 3. The average Bonchev–Trinajstić information content (AvgIpc) is 1.11. The maximum Gasteiger partial charge on any atom is 0.410 e. The number of halogens is 3. The smallest absolute Gasteiger partial charge is 0.410 e. The van der Waals surface area contributed by atoms with Crippen LogP contribution in [0.4, 0.5) is 52.8 Å². The van der Waals surface area contributed by atoms with E-state index >= 15 is 0 Å². The molecular formula is C89H106Cl3N19O11. The van der Waals surface area contributed by atoms with Crippen LogP contribution in [0.5, 0.6) is 0 Å². The molecule has 33 heteroatoms. The number of rotatable bonds is 15. The van der Waals surface area contributed by atoms with E-state index in [-0.39, 0.29) is 78.9 Å². The molecule has 11 heterocycles. The van der Waals surface area contributed by atoms with Crippen LogP contribution in [0.1, 0.15) is 96.3 Å². The Kier molecular flexibility index (Phi) is 32.0. The monoisotopic (exact) mass is 1720 g/mol. The average molecular weight is 1720 g/mol. The molecule has 3 saturated heterocycles. The molecule has 4 aromatic heterocycles. The molecule has 7 aliphatic heterocycles. The number of carbonyl (C=O) groups is 5. The number of nitrogens with one attached hydrogen (secondary N) is 5. The summed E-state index contributed by atoms with van der Waals surface area (Å²) in [5, 5.41) is 15.3. The van der Waals surface area contributed by atoms with Gasteiger partial charge in [0.15, 0.2) is 11.6 Å². The first-order valence-electron chi connectivity index (χ1n) is 41.9. The number of hydrogen-bond donors (Lipinski definition) is 5. The highest BCUT2D eigenvalue weighted by Gasteiger charge is 2.34. The molecule has 644 valence electrons. The lowest BCUT2D eigenvalue weighted by atomic mass is 10.1. The van der Waals surface area contributed by atoms with Gasteiger partial charge in [-0.05, 0) is 155 Å². The number of anilines is 5. The Morgan fingerprint density at radius 3 is 1.12 bits per heavy atom. The minimum absolute atomic E-state index is 0.133. The predicted molar refractivity (Wildman–Crippen MR) is 469 cm³/mol. The van der Waals surface area contributed by atoms with E-state index < -0.39 is 0 Å². The summed E-state index contributed by atoms with van der Waals surface area (Å²) in [6, 6.07) is 44.4.